The van der Waals surface area contributed by atoms with Gasteiger partial charge in [0.25, 0.3) is 0 Å². The van der Waals surface area contributed by atoms with Gasteiger partial charge in [-0.15, -0.1) is 5.92 Å². The maximum absolute atomic E-state index is 14.5. The van der Waals surface area contributed by atoms with Crippen LogP contribution >= 0.6 is 0 Å². The Morgan fingerprint density at radius 3 is 2.42 bits per heavy atom. The highest BCUT2D eigenvalue weighted by atomic mass is 16.5. The van der Waals surface area contributed by atoms with Crippen molar-refractivity contribution in [3.8, 4) is 34.2 Å². The number of alkyl carbamates (subject to hydrolysis) is 2. The fourth-order valence-electron chi connectivity index (χ4n) is 10.6. The SMILES string of the molecule is CC#Cc1cc(-c2cnc([C@@H]3C4CC[C@H](C4)N3C(=O)C(NC(=O)OC)C3CCOCC3)[nH]2)ccc1-c1ccc2c(ccc3[nH]c([C@@H]4CCCN4C(=O)[C@@H](NC(=O)OC)C(C)C)nc32)c1. The van der Waals surface area contributed by atoms with Gasteiger partial charge >= 0.3 is 12.2 Å². The predicted molar refractivity (Wildman–Crippen MR) is 241 cm³/mol. The Kier molecular flexibility index (Phi) is 12.1. The molecule has 64 heavy (non-hydrogen) atoms. The topological polar surface area (TPSA) is 184 Å². The molecule has 6 atom stereocenters. The Labute approximate surface area is 372 Å². The molecule has 334 valence electrons. The van der Waals surface area contributed by atoms with Crippen LogP contribution < -0.4 is 10.6 Å². The Hall–Kier alpha value is -6.40. The number of imidazole rings is 2. The number of carbonyl (C=O) groups is 4. The highest BCUT2D eigenvalue weighted by Crippen LogP contribution is 2.50. The highest BCUT2D eigenvalue weighted by molar-refractivity contribution is 6.05. The molecule has 2 aromatic heterocycles. The first kappa shape index (κ1) is 42.9. The number of benzene rings is 3. The summed E-state index contributed by atoms with van der Waals surface area (Å²) < 4.78 is 15.3. The molecule has 0 spiro atoms. The van der Waals surface area contributed by atoms with E-state index in [1.165, 1.54) is 14.2 Å². The van der Waals surface area contributed by atoms with Crippen LogP contribution in [-0.4, -0.2) is 106 Å². The van der Waals surface area contributed by atoms with Crippen molar-refractivity contribution in [1.29, 1.82) is 0 Å². The molecule has 1 saturated carbocycles. The van der Waals surface area contributed by atoms with Gasteiger partial charge in [0.05, 0.1) is 49.2 Å². The van der Waals surface area contributed by atoms with E-state index in [-0.39, 0.29) is 47.7 Å². The third kappa shape index (κ3) is 8.04. The molecule has 2 bridgehead atoms. The molecule has 3 aliphatic heterocycles. The fourth-order valence-corrected chi connectivity index (χ4v) is 10.6. The first-order valence-electron chi connectivity index (χ1n) is 22.5. The van der Waals surface area contributed by atoms with Gasteiger partial charge in [-0.1, -0.05) is 50.1 Å². The molecule has 3 aromatic carbocycles. The first-order chi connectivity index (χ1) is 31.1. The molecular weight excluding hydrogens is 813 g/mol. The molecule has 4 fully saturated rings. The quantitative estimate of drug-likeness (QED) is 0.104. The zero-order valence-corrected chi connectivity index (χ0v) is 37.0. The van der Waals surface area contributed by atoms with E-state index in [2.05, 4.69) is 74.9 Å². The number of piperidine rings is 1. The summed E-state index contributed by atoms with van der Waals surface area (Å²) >= 11 is 0. The highest BCUT2D eigenvalue weighted by Gasteiger charge is 2.52. The molecule has 5 aromatic rings. The van der Waals surface area contributed by atoms with E-state index < -0.39 is 24.3 Å². The number of likely N-dealkylation sites (tertiary alicyclic amines) is 2. The Balaban J connectivity index is 0.969. The number of hydrogen-bond acceptors (Lipinski definition) is 9. The monoisotopic (exact) mass is 868 g/mol. The molecule has 4 aliphatic rings. The van der Waals surface area contributed by atoms with Gasteiger partial charge < -0.3 is 44.6 Å². The Morgan fingerprint density at radius 1 is 0.875 bits per heavy atom. The van der Waals surface area contributed by atoms with Gasteiger partial charge in [-0.3, -0.25) is 9.59 Å². The lowest BCUT2D eigenvalue weighted by molar-refractivity contribution is -0.140. The van der Waals surface area contributed by atoms with Crippen LogP contribution in [0.2, 0.25) is 0 Å². The van der Waals surface area contributed by atoms with Crippen LogP contribution in [-0.2, 0) is 23.8 Å². The molecule has 5 heterocycles. The van der Waals surface area contributed by atoms with Gasteiger partial charge in [0.15, 0.2) is 0 Å². The van der Waals surface area contributed by atoms with Crippen molar-refractivity contribution in [3.05, 3.63) is 71.9 Å². The summed E-state index contributed by atoms with van der Waals surface area (Å²) in [5.74, 6) is 7.80. The number of methoxy groups -OCH3 is 2. The van der Waals surface area contributed by atoms with Crippen molar-refractivity contribution in [2.24, 2.45) is 17.8 Å². The van der Waals surface area contributed by atoms with Crippen LogP contribution in [0.1, 0.15) is 95.0 Å². The number of aromatic nitrogens is 4. The number of rotatable bonds is 10. The number of amides is 4. The van der Waals surface area contributed by atoms with Crippen LogP contribution in [0.4, 0.5) is 9.59 Å². The smallest absolute Gasteiger partial charge is 0.407 e. The minimum Gasteiger partial charge on any atom is -0.453 e. The number of nitrogens with one attached hydrogen (secondary N) is 4. The lowest BCUT2D eigenvalue weighted by Gasteiger charge is -2.39. The minimum atomic E-state index is -0.708. The number of hydrogen-bond donors (Lipinski definition) is 4. The first-order valence-corrected chi connectivity index (χ1v) is 22.5. The molecule has 9 rings (SSSR count). The Morgan fingerprint density at radius 2 is 1.66 bits per heavy atom. The van der Waals surface area contributed by atoms with Crippen molar-refractivity contribution in [2.75, 3.05) is 34.0 Å². The van der Waals surface area contributed by atoms with E-state index in [0.29, 0.717) is 32.6 Å². The number of ether oxygens (including phenoxy) is 3. The van der Waals surface area contributed by atoms with Crippen molar-refractivity contribution < 1.29 is 33.4 Å². The lowest BCUT2D eigenvalue weighted by atomic mass is 9.89. The van der Waals surface area contributed by atoms with Crippen LogP contribution in [0.3, 0.4) is 0 Å². The third-order valence-electron chi connectivity index (χ3n) is 13.8. The van der Waals surface area contributed by atoms with Crippen LogP contribution in [0.15, 0.2) is 54.7 Å². The van der Waals surface area contributed by atoms with E-state index in [0.717, 1.165) is 93.5 Å². The van der Waals surface area contributed by atoms with Crippen molar-refractivity contribution in [1.82, 2.24) is 40.4 Å². The molecule has 1 aliphatic carbocycles. The van der Waals surface area contributed by atoms with Gasteiger partial charge in [0.1, 0.15) is 23.7 Å². The third-order valence-corrected chi connectivity index (χ3v) is 13.8. The number of carbonyl (C=O) groups excluding carboxylic acids is 4. The molecule has 15 nitrogen and oxygen atoms in total. The molecule has 0 radical (unpaired) electrons. The van der Waals surface area contributed by atoms with Gasteiger partial charge in [-0.05, 0) is 104 Å². The Bertz CT molecular complexity index is 2650. The summed E-state index contributed by atoms with van der Waals surface area (Å²) in [6.45, 7) is 7.33. The second-order valence-electron chi connectivity index (χ2n) is 17.9. The summed E-state index contributed by atoms with van der Waals surface area (Å²) in [4.78, 5) is 73.7. The molecule has 4 amide bonds. The van der Waals surface area contributed by atoms with Gasteiger partial charge in [0, 0.05) is 42.3 Å². The predicted octanol–water partition coefficient (Wildman–Crippen LogP) is 7.39. The van der Waals surface area contributed by atoms with Gasteiger partial charge in [-0.2, -0.15) is 0 Å². The zero-order chi connectivity index (χ0) is 44.6. The average Bonchev–Trinajstić information content (AvgIpc) is 4.18. The average molecular weight is 869 g/mol. The summed E-state index contributed by atoms with van der Waals surface area (Å²) in [7, 11) is 2.61. The molecule has 4 N–H and O–H groups in total. The minimum absolute atomic E-state index is 0.0415. The summed E-state index contributed by atoms with van der Waals surface area (Å²) in [5.41, 5.74) is 6.36. The largest absolute Gasteiger partial charge is 0.453 e. The van der Waals surface area contributed by atoms with Crippen molar-refractivity contribution in [2.45, 2.75) is 95.9 Å². The number of nitrogens with zero attached hydrogens (tertiary/aromatic N) is 4. The van der Waals surface area contributed by atoms with Gasteiger partial charge in [0.2, 0.25) is 11.8 Å². The van der Waals surface area contributed by atoms with E-state index in [1.807, 2.05) is 42.8 Å². The second kappa shape index (κ2) is 18.0. The summed E-state index contributed by atoms with van der Waals surface area (Å²) in [6.07, 6.45) is 6.44. The number of H-pyrrole nitrogens is 2. The molecule has 3 saturated heterocycles. The van der Waals surface area contributed by atoms with Crippen LogP contribution in [0.25, 0.3) is 44.2 Å². The number of aromatic amines is 2. The maximum Gasteiger partial charge on any atom is 0.407 e. The fraction of sp³-hybridized carbons (Fsp3) is 0.469. The summed E-state index contributed by atoms with van der Waals surface area (Å²) in [6, 6.07) is 14.9. The lowest BCUT2D eigenvalue weighted by Crippen LogP contribution is -2.55. The van der Waals surface area contributed by atoms with Crippen molar-refractivity contribution in [3.63, 3.8) is 0 Å². The molecule has 2 unspecified atom stereocenters. The summed E-state index contributed by atoms with van der Waals surface area (Å²) in [5, 5.41) is 7.61. The van der Waals surface area contributed by atoms with E-state index in [4.69, 9.17) is 24.2 Å². The zero-order valence-electron chi connectivity index (χ0n) is 37.0. The molecule has 15 heteroatoms. The van der Waals surface area contributed by atoms with Crippen LogP contribution in [0, 0.1) is 29.6 Å². The second-order valence-corrected chi connectivity index (χ2v) is 17.9. The normalized spacial score (nSPS) is 21.8. The standard InChI is InChI=1S/C49H56N8O7/c1-6-8-29-24-32(38-26-50-45(52-38)43-33-10-14-34(25-33)57(43)47(59)41(55-49(61)63-5)28-18-21-64-22-19-28)12-15-35(29)30-11-16-36-31(23-30)13-17-37-42(36)53-44(51-37)39-9-7-20-56(39)46(58)40(27(2)3)54-48(60)62-4/h11-13,15-17,23-24,26-28,33-34,39-41,43H,7,9-10,14,18-22,25H2,1-5H3,(H,50,52)(H,51,53)(H,54,60)(H,55,61)/t33?,34-,39+,40+,41?,43+/m1/s1. The van der Waals surface area contributed by atoms with Crippen molar-refractivity contribution >= 4 is 45.8 Å². The van der Waals surface area contributed by atoms with Crippen LogP contribution in [0.5, 0.6) is 0 Å². The van der Waals surface area contributed by atoms with E-state index in [9.17, 15) is 19.2 Å². The molecular formula is C49H56N8O7. The number of fused-ring (bicyclic) bond motifs is 5. The van der Waals surface area contributed by atoms with E-state index >= 15 is 0 Å². The maximum atomic E-state index is 14.5. The van der Waals surface area contributed by atoms with Gasteiger partial charge in [-0.25, -0.2) is 19.6 Å². The van der Waals surface area contributed by atoms with E-state index in [1.54, 1.807) is 0 Å².